The van der Waals surface area contributed by atoms with Crippen LogP contribution in [0.25, 0.3) is 16.9 Å². The van der Waals surface area contributed by atoms with Crippen LogP contribution < -0.4 is 5.32 Å². The average molecular weight is 402 g/mol. The lowest BCUT2D eigenvalue weighted by Gasteiger charge is -2.08. The second kappa shape index (κ2) is 6.93. The topological polar surface area (TPSA) is 76.4 Å². The van der Waals surface area contributed by atoms with Gasteiger partial charge in [0.15, 0.2) is 5.65 Å². The fourth-order valence-electron chi connectivity index (χ4n) is 3.31. The molecule has 1 aliphatic carbocycles. The average Bonchev–Trinajstić information content (AvgIpc) is 3.35. The minimum absolute atomic E-state index is 0.0697. The van der Waals surface area contributed by atoms with E-state index in [2.05, 4.69) is 15.4 Å². The molecule has 1 amide bonds. The minimum atomic E-state index is -0.0757. The fraction of sp³-hybridized carbons (Fsp3) is 0.182. The molecule has 0 atom stereocenters. The molecular formula is C22H18N4O2S. The zero-order chi connectivity index (χ0) is 20.0. The highest BCUT2D eigenvalue weighted by Crippen LogP contribution is 2.31. The Balaban J connectivity index is 1.52. The lowest BCUT2D eigenvalue weighted by molar-refractivity contribution is -0.117. The molecular weight excluding hydrogens is 384 g/mol. The van der Waals surface area contributed by atoms with Gasteiger partial charge in [0.2, 0.25) is 11.7 Å². The second-order valence-electron chi connectivity index (χ2n) is 7.21. The zero-order valence-electron chi connectivity index (χ0n) is 15.8. The van der Waals surface area contributed by atoms with E-state index in [0.717, 1.165) is 34.7 Å². The van der Waals surface area contributed by atoms with Gasteiger partial charge in [0.1, 0.15) is 0 Å². The lowest BCUT2D eigenvalue weighted by Crippen LogP contribution is -2.13. The number of ketones is 1. The van der Waals surface area contributed by atoms with Crippen molar-refractivity contribution in [2.24, 2.45) is 5.92 Å². The molecule has 1 aliphatic rings. The van der Waals surface area contributed by atoms with Crippen LogP contribution in [0.2, 0.25) is 0 Å². The number of benzene rings is 1. The Morgan fingerprint density at radius 2 is 2.03 bits per heavy atom. The number of aryl methyl sites for hydroxylation is 1. The lowest BCUT2D eigenvalue weighted by atomic mass is 10.1. The van der Waals surface area contributed by atoms with Gasteiger partial charge >= 0.3 is 0 Å². The molecule has 5 rings (SSSR count). The first-order chi connectivity index (χ1) is 14.1. The highest BCUT2D eigenvalue weighted by molar-refractivity contribution is 7.14. The highest BCUT2D eigenvalue weighted by atomic mass is 32.1. The fourth-order valence-corrected chi connectivity index (χ4v) is 4.13. The van der Waals surface area contributed by atoms with E-state index in [-0.39, 0.29) is 17.6 Å². The number of amides is 1. The highest BCUT2D eigenvalue weighted by Gasteiger charge is 2.29. The summed E-state index contributed by atoms with van der Waals surface area (Å²) >= 11 is 1.46. The first-order valence-electron chi connectivity index (χ1n) is 9.45. The molecule has 3 heterocycles. The third-order valence-corrected chi connectivity index (χ3v) is 5.98. The zero-order valence-corrected chi connectivity index (χ0v) is 16.6. The van der Waals surface area contributed by atoms with Gasteiger partial charge in [-0.15, -0.1) is 11.3 Å². The number of rotatable bonds is 5. The number of hydrogen-bond donors (Lipinski definition) is 1. The van der Waals surface area contributed by atoms with E-state index in [9.17, 15) is 9.59 Å². The van der Waals surface area contributed by atoms with Crippen molar-refractivity contribution >= 4 is 34.4 Å². The van der Waals surface area contributed by atoms with Crippen molar-refractivity contribution < 1.29 is 9.59 Å². The normalized spacial score (nSPS) is 13.6. The Morgan fingerprint density at radius 3 is 2.79 bits per heavy atom. The number of nitrogens with zero attached hydrogens (tertiary/aromatic N) is 3. The molecule has 1 fully saturated rings. The Labute approximate surface area is 171 Å². The molecule has 4 aromatic rings. The van der Waals surface area contributed by atoms with E-state index in [0.29, 0.717) is 16.1 Å². The minimum Gasteiger partial charge on any atom is -0.326 e. The summed E-state index contributed by atoms with van der Waals surface area (Å²) < 4.78 is 1.68. The molecule has 0 unspecified atom stereocenters. The van der Waals surface area contributed by atoms with E-state index in [4.69, 9.17) is 0 Å². The van der Waals surface area contributed by atoms with Crippen molar-refractivity contribution in [3.63, 3.8) is 0 Å². The van der Waals surface area contributed by atoms with E-state index >= 15 is 0 Å². The van der Waals surface area contributed by atoms with Crippen LogP contribution in [0, 0.1) is 12.8 Å². The van der Waals surface area contributed by atoms with Crippen molar-refractivity contribution in [3.8, 4) is 11.3 Å². The molecule has 0 saturated heterocycles. The predicted molar refractivity (Wildman–Crippen MR) is 112 cm³/mol. The van der Waals surface area contributed by atoms with Crippen molar-refractivity contribution in [3.05, 3.63) is 70.2 Å². The number of nitrogens with one attached hydrogen (secondary N) is 1. The third-order valence-electron chi connectivity index (χ3n) is 4.98. The summed E-state index contributed by atoms with van der Waals surface area (Å²) in [6.07, 6.45) is 5.18. The van der Waals surface area contributed by atoms with Crippen LogP contribution >= 0.6 is 11.3 Å². The van der Waals surface area contributed by atoms with Crippen LogP contribution in [-0.4, -0.2) is 26.3 Å². The van der Waals surface area contributed by atoms with E-state index in [1.54, 1.807) is 16.9 Å². The third kappa shape index (κ3) is 3.34. The summed E-state index contributed by atoms with van der Waals surface area (Å²) in [4.78, 5) is 31.1. The number of fused-ring (bicyclic) bond motifs is 1. The second-order valence-corrected chi connectivity index (χ2v) is 8.50. The summed E-state index contributed by atoms with van der Waals surface area (Å²) in [6, 6.07) is 13.3. The predicted octanol–water partition coefficient (Wildman–Crippen LogP) is 4.35. The Kier molecular flexibility index (Phi) is 4.24. The van der Waals surface area contributed by atoms with Gasteiger partial charge in [-0.2, -0.15) is 5.10 Å². The Bertz CT molecular complexity index is 1250. The van der Waals surface area contributed by atoms with Crippen LogP contribution in [-0.2, 0) is 4.79 Å². The van der Waals surface area contributed by atoms with Gasteiger partial charge in [-0.05, 0) is 50.1 Å². The number of thiophene rings is 1. The van der Waals surface area contributed by atoms with Crippen molar-refractivity contribution in [1.82, 2.24) is 14.6 Å². The van der Waals surface area contributed by atoms with Crippen LogP contribution in [0.15, 0.2) is 54.9 Å². The van der Waals surface area contributed by atoms with Gasteiger partial charge in [-0.25, -0.2) is 9.50 Å². The SMILES string of the molecule is Cc1ccc(C(=O)c2cnn3c(-c4cccc(NC(=O)C5CC5)c4)ccnc23)s1. The first-order valence-corrected chi connectivity index (χ1v) is 10.3. The Morgan fingerprint density at radius 1 is 1.17 bits per heavy atom. The quantitative estimate of drug-likeness (QED) is 0.504. The van der Waals surface area contributed by atoms with Crippen molar-refractivity contribution in [2.45, 2.75) is 19.8 Å². The van der Waals surface area contributed by atoms with Gasteiger partial charge in [-0.3, -0.25) is 9.59 Å². The van der Waals surface area contributed by atoms with Gasteiger partial charge in [-0.1, -0.05) is 12.1 Å². The van der Waals surface area contributed by atoms with E-state index in [1.165, 1.54) is 11.3 Å². The molecule has 0 spiro atoms. The van der Waals surface area contributed by atoms with Crippen molar-refractivity contribution in [1.29, 1.82) is 0 Å². The molecule has 1 N–H and O–H groups in total. The molecule has 0 aliphatic heterocycles. The molecule has 7 heteroatoms. The van der Waals surface area contributed by atoms with Crippen LogP contribution in [0.1, 0.15) is 33.0 Å². The van der Waals surface area contributed by atoms with Gasteiger partial charge in [0, 0.05) is 28.2 Å². The van der Waals surface area contributed by atoms with E-state index in [1.807, 2.05) is 49.4 Å². The number of carbonyl (C=O) groups is 2. The van der Waals surface area contributed by atoms with Crippen molar-refractivity contribution in [2.75, 3.05) is 5.32 Å². The largest absolute Gasteiger partial charge is 0.326 e. The summed E-state index contributed by atoms with van der Waals surface area (Å²) in [7, 11) is 0. The summed E-state index contributed by atoms with van der Waals surface area (Å²) in [6.45, 7) is 1.98. The summed E-state index contributed by atoms with van der Waals surface area (Å²) in [5, 5.41) is 7.40. The number of anilines is 1. The molecule has 29 heavy (non-hydrogen) atoms. The maximum absolute atomic E-state index is 12.9. The van der Waals surface area contributed by atoms with Crippen LogP contribution in [0.3, 0.4) is 0 Å². The molecule has 1 saturated carbocycles. The monoisotopic (exact) mass is 402 g/mol. The maximum atomic E-state index is 12.9. The first kappa shape index (κ1) is 17.8. The summed E-state index contributed by atoms with van der Waals surface area (Å²) in [5.74, 6) is 0.139. The smallest absolute Gasteiger partial charge is 0.227 e. The molecule has 144 valence electrons. The van der Waals surface area contributed by atoms with Crippen LogP contribution in [0.5, 0.6) is 0 Å². The molecule has 3 aromatic heterocycles. The number of aromatic nitrogens is 3. The number of hydrogen-bond acceptors (Lipinski definition) is 5. The summed E-state index contributed by atoms with van der Waals surface area (Å²) in [5.41, 5.74) is 3.44. The van der Waals surface area contributed by atoms with Crippen LogP contribution in [0.4, 0.5) is 5.69 Å². The van der Waals surface area contributed by atoms with Gasteiger partial charge < -0.3 is 5.32 Å². The molecule has 0 bridgehead atoms. The molecule has 1 aromatic carbocycles. The maximum Gasteiger partial charge on any atom is 0.227 e. The van der Waals surface area contributed by atoms with E-state index < -0.39 is 0 Å². The number of carbonyl (C=O) groups excluding carboxylic acids is 2. The molecule has 6 nitrogen and oxygen atoms in total. The standard InChI is InChI=1S/C22H18N4O2S/c1-13-5-8-19(29-13)20(27)17-12-24-26-18(9-10-23-21(17)26)15-3-2-4-16(11-15)25-22(28)14-6-7-14/h2-5,8-12,14H,6-7H2,1H3,(H,25,28). The van der Waals surface area contributed by atoms with Gasteiger partial charge in [0.25, 0.3) is 0 Å². The molecule has 0 radical (unpaired) electrons. The Hall–Kier alpha value is -3.32. The van der Waals surface area contributed by atoms with Gasteiger partial charge in [0.05, 0.1) is 22.3 Å².